The van der Waals surface area contributed by atoms with Gasteiger partial charge in [-0.1, -0.05) is 26.2 Å². The Morgan fingerprint density at radius 3 is 2.04 bits per heavy atom. The zero-order valence-electron chi connectivity index (χ0n) is 16.4. The Hall–Kier alpha value is -0.740. The minimum Gasteiger partial charge on any atom is -0.489 e. The molecule has 0 bridgehead atoms. The van der Waals surface area contributed by atoms with E-state index in [1.165, 1.54) is 32.1 Å². The van der Waals surface area contributed by atoms with Gasteiger partial charge in [-0.05, 0) is 81.0 Å². The number of hydrogen-bond acceptors (Lipinski definition) is 1. The minimum atomic E-state index is -1.94. The SMILES string of the molecule is CCC1CCC(C2CCC(C3CCC(OC=C(F)F)C(F)C3)C(F)C2)CC1. The van der Waals surface area contributed by atoms with E-state index in [2.05, 4.69) is 6.92 Å². The maximum absolute atomic E-state index is 15.0. The number of rotatable bonds is 5. The van der Waals surface area contributed by atoms with Gasteiger partial charge in [0.05, 0.1) is 0 Å². The number of alkyl halides is 2. The fourth-order valence-corrected chi connectivity index (χ4v) is 6.00. The summed E-state index contributed by atoms with van der Waals surface area (Å²) in [5, 5.41) is 0. The van der Waals surface area contributed by atoms with E-state index in [-0.39, 0.29) is 18.3 Å². The molecule has 3 aliphatic carbocycles. The molecule has 3 rings (SSSR count). The molecule has 0 radical (unpaired) electrons. The Morgan fingerprint density at radius 2 is 1.44 bits per heavy atom. The summed E-state index contributed by atoms with van der Waals surface area (Å²) in [6, 6.07) is 0. The zero-order valence-corrected chi connectivity index (χ0v) is 16.4. The highest BCUT2D eigenvalue weighted by atomic mass is 19.3. The van der Waals surface area contributed by atoms with Gasteiger partial charge in [0.15, 0.2) is 0 Å². The highest BCUT2D eigenvalue weighted by Crippen LogP contribution is 2.47. The van der Waals surface area contributed by atoms with Crippen molar-refractivity contribution in [2.75, 3.05) is 0 Å². The van der Waals surface area contributed by atoms with Gasteiger partial charge in [-0.2, -0.15) is 8.78 Å². The molecule has 0 saturated heterocycles. The maximum atomic E-state index is 15.0. The van der Waals surface area contributed by atoms with Crippen LogP contribution in [0.1, 0.15) is 77.6 Å². The average Bonchev–Trinajstić information content (AvgIpc) is 2.67. The van der Waals surface area contributed by atoms with Gasteiger partial charge in [0.25, 0.3) is 0 Å². The molecular weight excluding hydrogens is 356 g/mol. The second-order valence-corrected chi connectivity index (χ2v) is 9.11. The van der Waals surface area contributed by atoms with Gasteiger partial charge in [-0.15, -0.1) is 0 Å². The second-order valence-electron chi connectivity index (χ2n) is 9.11. The third-order valence-electron chi connectivity index (χ3n) is 7.69. The molecule has 3 aliphatic rings. The van der Waals surface area contributed by atoms with E-state index in [9.17, 15) is 17.6 Å². The molecular formula is C22H34F4O. The van der Waals surface area contributed by atoms with Crippen LogP contribution in [0.25, 0.3) is 0 Å². The molecule has 6 unspecified atom stereocenters. The third-order valence-corrected chi connectivity index (χ3v) is 7.69. The predicted molar refractivity (Wildman–Crippen MR) is 98.9 cm³/mol. The Labute approximate surface area is 160 Å². The van der Waals surface area contributed by atoms with E-state index in [0.717, 1.165) is 18.8 Å². The molecule has 5 heteroatoms. The van der Waals surface area contributed by atoms with Gasteiger partial charge in [0.2, 0.25) is 0 Å². The van der Waals surface area contributed by atoms with Crippen LogP contribution in [-0.2, 0) is 4.74 Å². The zero-order chi connectivity index (χ0) is 19.4. The second kappa shape index (κ2) is 9.65. The minimum absolute atomic E-state index is 0.0193. The fraction of sp³-hybridized carbons (Fsp3) is 0.909. The van der Waals surface area contributed by atoms with Gasteiger partial charge in [0, 0.05) is 0 Å². The van der Waals surface area contributed by atoms with E-state index in [4.69, 9.17) is 4.74 Å². The van der Waals surface area contributed by atoms with Gasteiger partial charge >= 0.3 is 6.08 Å². The van der Waals surface area contributed by atoms with Gasteiger partial charge < -0.3 is 4.74 Å². The van der Waals surface area contributed by atoms with E-state index in [1.54, 1.807) is 0 Å². The highest BCUT2D eigenvalue weighted by Gasteiger charge is 2.42. The summed E-state index contributed by atoms with van der Waals surface area (Å²) in [5.74, 6) is 1.98. The summed E-state index contributed by atoms with van der Waals surface area (Å²) in [5.41, 5.74) is 0. The van der Waals surface area contributed by atoms with Crippen molar-refractivity contribution in [2.24, 2.45) is 29.6 Å². The molecule has 0 aromatic heterocycles. The van der Waals surface area contributed by atoms with Crippen LogP contribution in [0.2, 0.25) is 0 Å². The number of hydrogen-bond donors (Lipinski definition) is 0. The van der Waals surface area contributed by atoms with Crippen molar-refractivity contribution in [3.8, 4) is 0 Å². The molecule has 0 aliphatic heterocycles. The van der Waals surface area contributed by atoms with Crippen molar-refractivity contribution in [1.82, 2.24) is 0 Å². The molecule has 3 fully saturated rings. The molecule has 1 nitrogen and oxygen atoms in total. The average molecular weight is 391 g/mol. The molecule has 0 spiro atoms. The lowest BCUT2D eigenvalue weighted by Gasteiger charge is -2.43. The van der Waals surface area contributed by atoms with Crippen LogP contribution in [0.5, 0.6) is 0 Å². The quantitative estimate of drug-likeness (QED) is 0.356. The molecule has 27 heavy (non-hydrogen) atoms. The smallest absolute Gasteiger partial charge is 0.304 e. The summed E-state index contributed by atoms with van der Waals surface area (Å²) < 4.78 is 58.5. The van der Waals surface area contributed by atoms with Crippen LogP contribution in [0, 0.1) is 29.6 Å². The van der Waals surface area contributed by atoms with E-state index in [0.29, 0.717) is 37.4 Å². The monoisotopic (exact) mass is 390 g/mol. The molecule has 3 saturated carbocycles. The molecule has 156 valence electrons. The number of halogens is 4. The summed E-state index contributed by atoms with van der Waals surface area (Å²) in [6.07, 6.45) is 5.64. The first-order valence-electron chi connectivity index (χ1n) is 10.9. The standard InChI is InChI=1S/C22H34F4O/c1-2-14-3-5-15(6-4-14)16-7-9-18(19(23)11-16)17-8-10-21(20(24)12-17)27-13-22(25)26/h13-21H,2-12H2,1H3. The van der Waals surface area contributed by atoms with Crippen LogP contribution in [0.4, 0.5) is 17.6 Å². The summed E-state index contributed by atoms with van der Waals surface area (Å²) in [6.45, 7) is 2.26. The Morgan fingerprint density at radius 1 is 0.815 bits per heavy atom. The lowest BCUT2D eigenvalue weighted by molar-refractivity contribution is -0.0264. The summed E-state index contributed by atoms with van der Waals surface area (Å²) >= 11 is 0. The molecule has 0 heterocycles. The summed E-state index contributed by atoms with van der Waals surface area (Å²) in [7, 11) is 0. The van der Waals surface area contributed by atoms with Crippen molar-refractivity contribution in [3.63, 3.8) is 0 Å². The predicted octanol–water partition coefficient (Wildman–Crippen LogP) is 7.22. The fourth-order valence-electron chi connectivity index (χ4n) is 6.00. The van der Waals surface area contributed by atoms with Crippen molar-refractivity contribution < 1.29 is 22.3 Å². The van der Waals surface area contributed by atoms with Gasteiger partial charge in [-0.3, -0.25) is 0 Å². The van der Waals surface area contributed by atoms with Crippen molar-refractivity contribution in [1.29, 1.82) is 0 Å². The molecule has 0 aromatic rings. The number of ether oxygens (including phenoxy) is 1. The lowest BCUT2D eigenvalue weighted by Crippen LogP contribution is -2.40. The Kier molecular flexibility index (Phi) is 7.49. The van der Waals surface area contributed by atoms with Crippen molar-refractivity contribution in [3.05, 3.63) is 12.3 Å². The first kappa shape index (κ1) is 21.0. The van der Waals surface area contributed by atoms with Crippen LogP contribution in [0.3, 0.4) is 0 Å². The van der Waals surface area contributed by atoms with E-state index < -0.39 is 24.5 Å². The molecule has 0 amide bonds. The first-order chi connectivity index (χ1) is 13.0. The topological polar surface area (TPSA) is 9.23 Å². The Balaban J connectivity index is 1.47. The van der Waals surface area contributed by atoms with Gasteiger partial charge in [0.1, 0.15) is 24.7 Å². The maximum Gasteiger partial charge on any atom is 0.304 e. The van der Waals surface area contributed by atoms with E-state index >= 15 is 0 Å². The van der Waals surface area contributed by atoms with Crippen LogP contribution in [-0.4, -0.2) is 18.4 Å². The van der Waals surface area contributed by atoms with E-state index in [1.807, 2.05) is 0 Å². The third kappa shape index (κ3) is 5.41. The summed E-state index contributed by atoms with van der Waals surface area (Å²) in [4.78, 5) is 0. The molecule has 0 aromatic carbocycles. The molecule has 6 atom stereocenters. The first-order valence-corrected chi connectivity index (χ1v) is 10.9. The molecule has 0 N–H and O–H groups in total. The van der Waals surface area contributed by atoms with Crippen molar-refractivity contribution in [2.45, 2.75) is 96.0 Å². The normalized spacial score (nSPS) is 43.1. The van der Waals surface area contributed by atoms with Crippen LogP contribution >= 0.6 is 0 Å². The van der Waals surface area contributed by atoms with Crippen LogP contribution < -0.4 is 0 Å². The Bertz CT molecular complexity index is 485. The largest absolute Gasteiger partial charge is 0.489 e. The van der Waals surface area contributed by atoms with Crippen molar-refractivity contribution >= 4 is 0 Å². The van der Waals surface area contributed by atoms with Crippen LogP contribution in [0.15, 0.2) is 12.3 Å². The van der Waals surface area contributed by atoms with Gasteiger partial charge in [-0.25, -0.2) is 8.78 Å². The highest BCUT2D eigenvalue weighted by molar-refractivity contribution is 4.92. The lowest BCUT2D eigenvalue weighted by atomic mass is 9.64.